The summed E-state index contributed by atoms with van der Waals surface area (Å²) < 4.78 is 1.31. The van der Waals surface area contributed by atoms with Crippen LogP contribution in [0.3, 0.4) is 0 Å². The number of hydrogen-bond donors (Lipinski definition) is 2. The smallest absolute Gasteiger partial charge is 0.251 e. The molecule has 0 aromatic carbocycles. The normalized spacial score (nSPS) is 10.5. The molecule has 0 fully saturated rings. The van der Waals surface area contributed by atoms with Crippen molar-refractivity contribution in [3.8, 4) is 0 Å². The van der Waals surface area contributed by atoms with Crippen molar-refractivity contribution < 1.29 is 4.79 Å². The van der Waals surface area contributed by atoms with Crippen LogP contribution in [-0.4, -0.2) is 17.0 Å². The van der Waals surface area contributed by atoms with E-state index in [4.69, 9.17) is 5.73 Å². The van der Waals surface area contributed by atoms with Crippen LogP contribution in [0.5, 0.6) is 0 Å². The molecule has 0 saturated carbocycles. The van der Waals surface area contributed by atoms with Crippen LogP contribution < -0.4 is 16.6 Å². The zero-order chi connectivity index (χ0) is 12.8. The minimum Gasteiger partial charge on any atom is -0.398 e. The molecule has 1 aromatic rings. The van der Waals surface area contributed by atoms with Crippen molar-refractivity contribution in [1.29, 1.82) is 0 Å². The minimum absolute atomic E-state index is 0.0158. The van der Waals surface area contributed by atoms with Crippen molar-refractivity contribution in [2.24, 2.45) is 5.92 Å². The Hall–Kier alpha value is -1.78. The Labute approximate surface area is 101 Å². The summed E-state index contributed by atoms with van der Waals surface area (Å²) in [5.74, 6) is 0.378. The monoisotopic (exact) mass is 237 g/mol. The van der Waals surface area contributed by atoms with E-state index in [1.165, 1.54) is 22.9 Å². The van der Waals surface area contributed by atoms with Crippen molar-refractivity contribution in [2.75, 3.05) is 12.3 Å². The number of aromatic nitrogens is 1. The summed E-state index contributed by atoms with van der Waals surface area (Å²) in [5.41, 5.74) is 5.80. The zero-order valence-corrected chi connectivity index (χ0v) is 10.3. The molecule has 3 N–H and O–H groups in total. The van der Waals surface area contributed by atoms with Crippen LogP contribution in [0, 0.1) is 5.92 Å². The lowest BCUT2D eigenvalue weighted by atomic mass is 10.1. The molecular weight excluding hydrogens is 218 g/mol. The number of amides is 1. The van der Waals surface area contributed by atoms with E-state index in [0.29, 0.717) is 18.2 Å². The van der Waals surface area contributed by atoms with E-state index < -0.39 is 0 Å². The molecule has 17 heavy (non-hydrogen) atoms. The number of nitrogens with two attached hydrogens (primary N) is 1. The lowest BCUT2D eigenvalue weighted by molar-refractivity contribution is -0.121. The van der Waals surface area contributed by atoms with Gasteiger partial charge >= 0.3 is 0 Å². The number of nitrogens with one attached hydrogen (secondary N) is 1. The third-order valence-electron chi connectivity index (χ3n) is 2.36. The maximum Gasteiger partial charge on any atom is 0.251 e. The minimum atomic E-state index is -0.224. The number of rotatable bonds is 5. The first-order valence-electron chi connectivity index (χ1n) is 5.71. The van der Waals surface area contributed by atoms with Gasteiger partial charge in [-0.25, -0.2) is 0 Å². The number of nitrogen functional groups attached to an aromatic ring is 1. The lowest BCUT2D eigenvalue weighted by Crippen LogP contribution is -2.32. The van der Waals surface area contributed by atoms with Crippen LogP contribution in [0.15, 0.2) is 23.1 Å². The van der Waals surface area contributed by atoms with Crippen LogP contribution in [0.2, 0.25) is 0 Å². The average molecular weight is 237 g/mol. The van der Waals surface area contributed by atoms with Crippen LogP contribution in [0.25, 0.3) is 0 Å². The Balaban J connectivity index is 2.50. The van der Waals surface area contributed by atoms with E-state index in [9.17, 15) is 9.59 Å². The van der Waals surface area contributed by atoms with Crippen LogP contribution in [-0.2, 0) is 11.3 Å². The van der Waals surface area contributed by atoms with Gasteiger partial charge in [-0.3, -0.25) is 9.59 Å². The van der Waals surface area contributed by atoms with Gasteiger partial charge in [-0.15, -0.1) is 0 Å². The average Bonchev–Trinajstić information content (AvgIpc) is 2.23. The first-order valence-corrected chi connectivity index (χ1v) is 5.71. The fourth-order valence-electron chi connectivity index (χ4n) is 1.38. The first kappa shape index (κ1) is 13.3. The highest BCUT2D eigenvalue weighted by molar-refractivity contribution is 5.75. The van der Waals surface area contributed by atoms with Gasteiger partial charge in [0.05, 0.1) is 0 Å². The van der Waals surface area contributed by atoms with Crippen molar-refractivity contribution in [3.05, 3.63) is 28.7 Å². The predicted molar refractivity (Wildman–Crippen MR) is 67.6 cm³/mol. The van der Waals surface area contributed by atoms with Gasteiger partial charge in [-0.2, -0.15) is 0 Å². The van der Waals surface area contributed by atoms with E-state index in [1.54, 1.807) is 0 Å². The van der Waals surface area contributed by atoms with E-state index in [2.05, 4.69) is 19.2 Å². The Bertz CT molecular complexity index is 438. The fourth-order valence-corrected chi connectivity index (χ4v) is 1.38. The largest absolute Gasteiger partial charge is 0.398 e. The standard InChI is InChI=1S/C12H19N3O2/c1-9(2)5-6-14-11(16)8-15-7-10(13)3-4-12(15)17/h3-4,7,9H,5-6,8,13H2,1-2H3,(H,14,16). The number of nitrogens with zero attached hydrogens (tertiary/aromatic N) is 1. The van der Waals surface area contributed by atoms with Crippen molar-refractivity contribution in [1.82, 2.24) is 9.88 Å². The fraction of sp³-hybridized carbons (Fsp3) is 0.500. The van der Waals surface area contributed by atoms with Crippen LogP contribution in [0.1, 0.15) is 20.3 Å². The molecule has 0 radical (unpaired) electrons. The summed E-state index contributed by atoms with van der Waals surface area (Å²) in [6, 6.07) is 2.88. The molecule has 0 aliphatic rings. The summed E-state index contributed by atoms with van der Waals surface area (Å²) in [7, 11) is 0. The van der Waals surface area contributed by atoms with Gasteiger partial charge in [0.1, 0.15) is 6.54 Å². The Kier molecular flexibility index (Phi) is 4.75. The van der Waals surface area contributed by atoms with Gasteiger partial charge < -0.3 is 15.6 Å². The topological polar surface area (TPSA) is 77.1 Å². The molecule has 1 amide bonds. The van der Waals surface area contributed by atoms with Gasteiger partial charge in [-0.05, 0) is 18.4 Å². The third kappa shape index (κ3) is 4.72. The predicted octanol–water partition coefficient (Wildman–Crippen LogP) is 0.593. The lowest BCUT2D eigenvalue weighted by Gasteiger charge is -2.09. The number of pyridine rings is 1. The molecule has 5 nitrogen and oxygen atoms in total. The van der Waals surface area contributed by atoms with E-state index in [-0.39, 0.29) is 18.0 Å². The second-order valence-corrected chi connectivity index (χ2v) is 4.46. The van der Waals surface area contributed by atoms with Crippen molar-refractivity contribution in [3.63, 3.8) is 0 Å². The van der Waals surface area contributed by atoms with E-state index >= 15 is 0 Å². The van der Waals surface area contributed by atoms with Gasteiger partial charge in [0.15, 0.2) is 0 Å². The highest BCUT2D eigenvalue weighted by Gasteiger charge is 2.04. The maximum atomic E-state index is 11.5. The molecule has 1 heterocycles. The second kappa shape index (κ2) is 6.08. The van der Waals surface area contributed by atoms with Crippen LogP contribution in [0.4, 0.5) is 5.69 Å². The Morgan fingerprint density at radius 1 is 1.47 bits per heavy atom. The third-order valence-corrected chi connectivity index (χ3v) is 2.36. The number of anilines is 1. The van der Waals surface area contributed by atoms with Gasteiger partial charge in [0.25, 0.3) is 5.56 Å². The zero-order valence-electron chi connectivity index (χ0n) is 10.3. The first-order chi connectivity index (χ1) is 7.99. The molecule has 0 unspecified atom stereocenters. The maximum absolute atomic E-state index is 11.5. The summed E-state index contributed by atoms with van der Waals surface area (Å²) in [5, 5.41) is 2.77. The molecule has 0 aliphatic carbocycles. The summed E-state index contributed by atoms with van der Waals surface area (Å²) in [4.78, 5) is 23.0. The Morgan fingerprint density at radius 3 is 2.82 bits per heavy atom. The molecule has 94 valence electrons. The molecule has 0 atom stereocenters. The van der Waals surface area contributed by atoms with E-state index in [0.717, 1.165) is 6.42 Å². The molecule has 1 aromatic heterocycles. The Morgan fingerprint density at radius 2 is 2.18 bits per heavy atom. The second-order valence-electron chi connectivity index (χ2n) is 4.46. The van der Waals surface area contributed by atoms with E-state index in [1.807, 2.05) is 0 Å². The molecule has 0 spiro atoms. The van der Waals surface area contributed by atoms with Crippen molar-refractivity contribution in [2.45, 2.75) is 26.8 Å². The van der Waals surface area contributed by atoms with Gasteiger partial charge in [0, 0.05) is 24.5 Å². The van der Waals surface area contributed by atoms with Crippen molar-refractivity contribution >= 4 is 11.6 Å². The molecule has 0 aliphatic heterocycles. The number of carbonyl (C=O) groups is 1. The molecule has 0 bridgehead atoms. The molecule has 5 heteroatoms. The number of hydrogen-bond acceptors (Lipinski definition) is 3. The summed E-state index contributed by atoms with van der Waals surface area (Å²) >= 11 is 0. The molecule has 1 rings (SSSR count). The summed E-state index contributed by atoms with van der Waals surface area (Å²) in [6.07, 6.45) is 2.40. The van der Waals surface area contributed by atoms with Gasteiger partial charge in [0.2, 0.25) is 5.91 Å². The number of carbonyl (C=O) groups excluding carboxylic acids is 1. The molecule has 0 saturated heterocycles. The highest BCUT2D eigenvalue weighted by Crippen LogP contribution is 1.97. The highest BCUT2D eigenvalue weighted by atomic mass is 16.2. The summed E-state index contributed by atoms with van der Waals surface area (Å²) in [6.45, 7) is 4.83. The SMILES string of the molecule is CC(C)CCNC(=O)Cn1cc(N)ccc1=O. The molecular formula is C12H19N3O2. The quantitative estimate of drug-likeness (QED) is 0.787. The van der Waals surface area contributed by atoms with Gasteiger partial charge in [-0.1, -0.05) is 13.8 Å². The van der Waals surface area contributed by atoms with Crippen LogP contribution >= 0.6 is 0 Å².